The van der Waals surface area contributed by atoms with E-state index < -0.39 is 0 Å². The van der Waals surface area contributed by atoms with Gasteiger partial charge in [0.15, 0.2) is 0 Å². The Kier molecular flexibility index (Phi) is 3.59. The number of nitrogens with zero attached hydrogens (tertiary/aromatic N) is 4. The molecule has 1 saturated heterocycles. The average Bonchev–Trinajstić information content (AvgIpc) is 3.09. The average molecular weight is 309 g/mol. The van der Waals surface area contributed by atoms with E-state index in [9.17, 15) is 4.79 Å². The summed E-state index contributed by atoms with van der Waals surface area (Å²) in [6.07, 6.45) is 1.68. The molecular weight excluding hydrogens is 290 g/mol. The van der Waals surface area contributed by atoms with Gasteiger partial charge in [-0.15, -0.1) is 0 Å². The minimum atomic E-state index is -0.0807. The predicted molar refractivity (Wildman–Crippen MR) is 90.1 cm³/mol. The van der Waals surface area contributed by atoms with Gasteiger partial charge in [-0.05, 0) is 5.56 Å². The molecule has 0 radical (unpaired) electrons. The van der Waals surface area contributed by atoms with Crippen molar-refractivity contribution in [3.63, 3.8) is 0 Å². The number of aromatic nitrogens is 3. The van der Waals surface area contributed by atoms with Crippen molar-refractivity contribution in [1.82, 2.24) is 19.5 Å². The molecule has 6 nitrogen and oxygen atoms in total. The second-order valence-electron chi connectivity index (χ2n) is 5.75. The molecule has 3 heterocycles. The van der Waals surface area contributed by atoms with Crippen LogP contribution in [-0.4, -0.2) is 40.4 Å². The first kappa shape index (κ1) is 14.0. The summed E-state index contributed by atoms with van der Waals surface area (Å²) in [4.78, 5) is 14.6. The molecule has 1 aliphatic heterocycles. The van der Waals surface area contributed by atoms with Gasteiger partial charge in [0.05, 0.1) is 12.7 Å². The van der Waals surface area contributed by atoms with Gasteiger partial charge in [0.2, 0.25) is 0 Å². The van der Waals surface area contributed by atoms with Crippen molar-refractivity contribution in [2.75, 3.05) is 31.1 Å². The van der Waals surface area contributed by atoms with Crippen LogP contribution >= 0.6 is 0 Å². The first-order valence-corrected chi connectivity index (χ1v) is 7.90. The molecule has 4 rings (SSSR count). The van der Waals surface area contributed by atoms with E-state index >= 15 is 0 Å². The number of rotatable bonds is 3. The third-order valence-corrected chi connectivity index (χ3v) is 4.26. The van der Waals surface area contributed by atoms with Crippen LogP contribution in [0, 0.1) is 0 Å². The van der Waals surface area contributed by atoms with Gasteiger partial charge in [-0.3, -0.25) is 4.79 Å². The predicted octanol–water partition coefficient (Wildman–Crippen LogP) is 0.954. The zero-order valence-corrected chi connectivity index (χ0v) is 12.9. The molecule has 0 aliphatic carbocycles. The Morgan fingerprint density at radius 3 is 2.65 bits per heavy atom. The second kappa shape index (κ2) is 5.89. The van der Waals surface area contributed by atoms with Crippen molar-refractivity contribution < 1.29 is 0 Å². The molecular formula is C17H19N5O. The fraction of sp³-hybridized carbons (Fsp3) is 0.294. The maximum Gasteiger partial charge on any atom is 0.276 e. The highest BCUT2D eigenvalue weighted by molar-refractivity contribution is 5.51. The number of benzene rings is 1. The van der Waals surface area contributed by atoms with E-state index in [1.54, 1.807) is 12.3 Å². The lowest BCUT2D eigenvalue weighted by Crippen LogP contribution is -2.45. The summed E-state index contributed by atoms with van der Waals surface area (Å²) >= 11 is 0. The van der Waals surface area contributed by atoms with E-state index in [-0.39, 0.29) is 5.56 Å². The fourth-order valence-corrected chi connectivity index (χ4v) is 3.12. The third-order valence-electron chi connectivity index (χ3n) is 4.26. The van der Waals surface area contributed by atoms with Gasteiger partial charge < -0.3 is 14.8 Å². The van der Waals surface area contributed by atoms with E-state index in [1.807, 2.05) is 24.3 Å². The number of anilines is 1. The number of hydrogen-bond donors (Lipinski definition) is 1. The molecule has 1 aromatic carbocycles. The molecule has 2 aromatic heterocycles. The van der Waals surface area contributed by atoms with E-state index in [1.165, 1.54) is 10.1 Å². The molecule has 1 fully saturated rings. The normalized spacial score (nSPS) is 15.2. The van der Waals surface area contributed by atoms with Crippen molar-refractivity contribution in [2.45, 2.75) is 6.54 Å². The molecule has 0 bridgehead atoms. The Morgan fingerprint density at radius 1 is 1.09 bits per heavy atom. The topological polar surface area (TPSA) is 54.6 Å². The van der Waals surface area contributed by atoms with Gasteiger partial charge in [-0.1, -0.05) is 30.3 Å². The SMILES string of the molecule is O=c1cc(N2CCNCC2)n(Cc2ccccc2)c2ccnn12. The van der Waals surface area contributed by atoms with Gasteiger partial charge in [-0.25, -0.2) is 0 Å². The van der Waals surface area contributed by atoms with Crippen LogP contribution in [0.3, 0.4) is 0 Å². The number of piperazine rings is 1. The van der Waals surface area contributed by atoms with Gasteiger partial charge in [0.1, 0.15) is 11.5 Å². The fourth-order valence-electron chi connectivity index (χ4n) is 3.12. The van der Waals surface area contributed by atoms with Crippen LogP contribution in [0.15, 0.2) is 53.5 Å². The zero-order valence-electron chi connectivity index (χ0n) is 12.9. The summed E-state index contributed by atoms with van der Waals surface area (Å²) in [5.74, 6) is 0.966. The Hall–Kier alpha value is -2.60. The van der Waals surface area contributed by atoms with E-state index in [0.29, 0.717) is 0 Å². The quantitative estimate of drug-likeness (QED) is 0.783. The maximum absolute atomic E-state index is 12.4. The summed E-state index contributed by atoms with van der Waals surface area (Å²) in [6, 6.07) is 13.9. The molecule has 1 N–H and O–H groups in total. The van der Waals surface area contributed by atoms with Gasteiger partial charge in [0.25, 0.3) is 5.56 Å². The highest BCUT2D eigenvalue weighted by Gasteiger charge is 2.17. The molecule has 23 heavy (non-hydrogen) atoms. The number of hydrogen-bond acceptors (Lipinski definition) is 4. The summed E-state index contributed by atoms with van der Waals surface area (Å²) in [5, 5.41) is 7.51. The van der Waals surface area contributed by atoms with Crippen LogP contribution in [0.25, 0.3) is 5.65 Å². The highest BCUT2D eigenvalue weighted by Crippen LogP contribution is 2.18. The smallest absolute Gasteiger partial charge is 0.276 e. The minimum absolute atomic E-state index is 0.0807. The lowest BCUT2D eigenvalue weighted by atomic mass is 10.2. The highest BCUT2D eigenvalue weighted by atomic mass is 16.1. The van der Waals surface area contributed by atoms with Gasteiger partial charge in [0, 0.05) is 38.3 Å². The van der Waals surface area contributed by atoms with Crippen LogP contribution in [0.2, 0.25) is 0 Å². The van der Waals surface area contributed by atoms with Crippen molar-refractivity contribution in [3.05, 3.63) is 64.6 Å². The number of fused-ring (bicyclic) bond motifs is 1. The summed E-state index contributed by atoms with van der Waals surface area (Å²) in [5.41, 5.74) is 1.95. The second-order valence-corrected chi connectivity index (χ2v) is 5.75. The Labute approximate surface area is 134 Å². The summed E-state index contributed by atoms with van der Waals surface area (Å²) < 4.78 is 3.64. The molecule has 3 aromatic rings. The van der Waals surface area contributed by atoms with E-state index in [2.05, 4.69) is 32.0 Å². The summed E-state index contributed by atoms with van der Waals surface area (Å²) in [6.45, 7) is 4.39. The molecule has 0 spiro atoms. The van der Waals surface area contributed by atoms with Crippen molar-refractivity contribution in [1.29, 1.82) is 0 Å². The largest absolute Gasteiger partial charge is 0.355 e. The zero-order chi connectivity index (χ0) is 15.6. The lowest BCUT2D eigenvalue weighted by molar-refractivity contribution is 0.572. The Morgan fingerprint density at radius 2 is 1.87 bits per heavy atom. The van der Waals surface area contributed by atoms with Crippen molar-refractivity contribution in [2.24, 2.45) is 0 Å². The minimum Gasteiger partial charge on any atom is -0.355 e. The van der Waals surface area contributed by atoms with E-state index in [0.717, 1.165) is 44.2 Å². The maximum atomic E-state index is 12.4. The van der Waals surface area contributed by atoms with Crippen LogP contribution < -0.4 is 15.8 Å². The van der Waals surface area contributed by atoms with Crippen LogP contribution in [0.5, 0.6) is 0 Å². The molecule has 0 atom stereocenters. The molecule has 6 heteroatoms. The Balaban J connectivity index is 1.86. The van der Waals surface area contributed by atoms with Crippen LogP contribution in [0.1, 0.15) is 5.56 Å². The lowest BCUT2D eigenvalue weighted by Gasteiger charge is -2.31. The molecule has 118 valence electrons. The Bertz CT molecular complexity index is 862. The monoisotopic (exact) mass is 309 g/mol. The van der Waals surface area contributed by atoms with Crippen molar-refractivity contribution >= 4 is 11.5 Å². The van der Waals surface area contributed by atoms with Crippen LogP contribution in [0.4, 0.5) is 5.82 Å². The standard InChI is InChI=1S/C17H19N5O/c23-17-12-16(20-10-8-18-9-11-20)21(15-6-7-19-22(15)17)13-14-4-2-1-3-5-14/h1-7,12,18H,8-11,13H2. The molecule has 1 aliphatic rings. The first-order chi connectivity index (χ1) is 11.3. The first-order valence-electron chi connectivity index (χ1n) is 7.90. The van der Waals surface area contributed by atoms with Crippen LogP contribution in [-0.2, 0) is 6.54 Å². The molecule has 0 saturated carbocycles. The van der Waals surface area contributed by atoms with Gasteiger partial charge >= 0.3 is 0 Å². The number of nitrogens with one attached hydrogen (secondary N) is 1. The van der Waals surface area contributed by atoms with Gasteiger partial charge in [-0.2, -0.15) is 9.61 Å². The molecule has 0 amide bonds. The summed E-state index contributed by atoms with van der Waals surface area (Å²) in [7, 11) is 0. The van der Waals surface area contributed by atoms with E-state index in [4.69, 9.17) is 0 Å². The molecule has 0 unspecified atom stereocenters. The van der Waals surface area contributed by atoms with Crippen molar-refractivity contribution in [3.8, 4) is 0 Å². The third kappa shape index (κ3) is 2.61.